The van der Waals surface area contributed by atoms with Gasteiger partial charge in [-0.3, -0.25) is 0 Å². The van der Waals surface area contributed by atoms with E-state index in [1.54, 1.807) is 0 Å². The van der Waals surface area contributed by atoms with E-state index in [9.17, 15) is 0 Å². The molecule has 1 aromatic rings. The van der Waals surface area contributed by atoms with E-state index in [1.165, 1.54) is 31.4 Å². The molecule has 1 unspecified atom stereocenters. The van der Waals surface area contributed by atoms with Crippen molar-refractivity contribution in [1.82, 2.24) is 10.2 Å². The van der Waals surface area contributed by atoms with Crippen molar-refractivity contribution in [2.45, 2.75) is 64.5 Å². The molecule has 1 aliphatic rings. The van der Waals surface area contributed by atoms with Crippen molar-refractivity contribution >= 4 is 0 Å². The van der Waals surface area contributed by atoms with Gasteiger partial charge in [-0.15, -0.1) is 0 Å². The first-order valence-electron chi connectivity index (χ1n) is 8.58. The summed E-state index contributed by atoms with van der Waals surface area (Å²) in [6.07, 6.45) is 3.93. The molecular formula is C19H32N2. The molecule has 2 heteroatoms. The molecule has 1 N–H and O–H groups in total. The topological polar surface area (TPSA) is 15.3 Å². The molecule has 1 aromatic carbocycles. The lowest BCUT2D eigenvalue weighted by molar-refractivity contribution is 0.172. The summed E-state index contributed by atoms with van der Waals surface area (Å²) >= 11 is 0. The molecule has 0 amide bonds. The van der Waals surface area contributed by atoms with Crippen LogP contribution in [-0.4, -0.2) is 36.6 Å². The van der Waals surface area contributed by atoms with E-state index in [0.717, 1.165) is 19.1 Å². The zero-order valence-corrected chi connectivity index (χ0v) is 14.2. The fraction of sp³-hybridized carbons (Fsp3) is 0.684. The minimum absolute atomic E-state index is 0.184. The molecule has 0 heterocycles. The number of nitrogens with one attached hydrogen (secondary N) is 1. The summed E-state index contributed by atoms with van der Waals surface area (Å²) in [6.45, 7) is 12.7. The van der Waals surface area contributed by atoms with E-state index in [4.69, 9.17) is 0 Å². The molecule has 1 atom stereocenters. The van der Waals surface area contributed by atoms with Gasteiger partial charge in [0.25, 0.3) is 0 Å². The second-order valence-corrected chi connectivity index (χ2v) is 7.15. The molecule has 1 aliphatic carbocycles. The maximum absolute atomic E-state index is 3.76. The fourth-order valence-electron chi connectivity index (χ4n) is 3.00. The molecule has 0 aromatic heterocycles. The van der Waals surface area contributed by atoms with E-state index in [-0.39, 0.29) is 5.41 Å². The average molecular weight is 288 g/mol. The van der Waals surface area contributed by atoms with Crippen LogP contribution in [0, 0.1) is 0 Å². The van der Waals surface area contributed by atoms with Crippen LogP contribution in [0.1, 0.15) is 52.5 Å². The lowest BCUT2D eigenvalue weighted by Crippen LogP contribution is -2.48. The number of benzene rings is 1. The van der Waals surface area contributed by atoms with Gasteiger partial charge in [0, 0.05) is 30.6 Å². The van der Waals surface area contributed by atoms with E-state index in [2.05, 4.69) is 68.2 Å². The van der Waals surface area contributed by atoms with Crippen molar-refractivity contribution in [3.05, 3.63) is 35.9 Å². The zero-order valence-electron chi connectivity index (χ0n) is 14.2. The van der Waals surface area contributed by atoms with Crippen LogP contribution in [0.25, 0.3) is 0 Å². The van der Waals surface area contributed by atoms with Gasteiger partial charge in [0.05, 0.1) is 0 Å². The molecule has 0 saturated heterocycles. The van der Waals surface area contributed by atoms with Crippen LogP contribution in [-0.2, 0) is 5.41 Å². The van der Waals surface area contributed by atoms with Crippen LogP contribution >= 0.6 is 0 Å². The summed E-state index contributed by atoms with van der Waals surface area (Å²) in [6, 6.07) is 12.4. The first-order chi connectivity index (χ1) is 10.0. The smallest absolute Gasteiger partial charge is 0.0177 e. The van der Waals surface area contributed by atoms with Crippen molar-refractivity contribution in [2.75, 3.05) is 19.6 Å². The number of hydrogen-bond donors (Lipinski definition) is 1. The Morgan fingerprint density at radius 2 is 1.90 bits per heavy atom. The highest BCUT2D eigenvalue weighted by Crippen LogP contribution is 2.27. The van der Waals surface area contributed by atoms with Crippen LogP contribution < -0.4 is 5.32 Å². The van der Waals surface area contributed by atoms with Crippen LogP contribution in [0.5, 0.6) is 0 Å². The Hall–Kier alpha value is -0.860. The van der Waals surface area contributed by atoms with Gasteiger partial charge in [-0.1, -0.05) is 44.2 Å². The second kappa shape index (κ2) is 7.42. The summed E-state index contributed by atoms with van der Waals surface area (Å²) in [5, 5.41) is 3.76. The normalized spacial score (nSPS) is 18.2. The van der Waals surface area contributed by atoms with Gasteiger partial charge in [0.2, 0.25) is 0 Å². The highest BCUT2D eigenvalue weighted by molar-refractivity contribution is 5.26. The Labute approximate surface area is 130 Å². The average Bonchev–Trinajstić information content (AvgIpc) is 3.30. The van der Waals surface area contributed by atoms with Gasteiger partial charge in [0.15, 0.2) is 0 Å². The summed E-state index contributed by atoms with van der Waals surface area (Å²) < 4.78 is 0. The summed E-state index contributed by atoms with van der Waals surface area (Å²) in [5.41, 5.74) is 1.64. The van der Waals surface area contributed by atoms with Gasteiger partial charge < -0.3 is 10.2 Å². The Morgan fingerprint density at radius 1 is 1.24 bits per heavy atom. The minimum Gasteiger partial charge on any atom is -0.313 e. The van der Waals surface area contributed by atoms with Crippen LogP contribution in [0.2, 0.25) is 0 Å². The maximum Gasteiger partial charge on any atom is 0.0177 e. The molecule has 0 radical (unpaired) electrons. The predicted molar refractivity (Wildman–Crippen MR) is 91.8 cm³/mol. The highest BCUT2D eigenvalue weighted by Gasteiger charge is 2.32. The lowest BCUT2D eigenvalue weighted by Gasteiger charge is -2.38. The number of hydrogen-bond acceptors (Lipinski definition) is 2. The quantitative estimate of drug-likeness (QED) is 0.743. The van der Waals surface area contributed by atoms with Crippen molar-refractivity contribution in [3.8, 4) is 0 Å². The van der Waals surface area contributed by atoms with Crippen molar-refractivity contribution in [1.29, 1.82) is 0 Å². The van der Waals surface area contributed by atoms with Crippen LogP contribution in [0.3, 0.4) is 0 Å². The molecule has 2 nitrogen and oxygen atoms in total. The minimum atomic E-state index is 0.184. The van der Waals surface area contributed by atoms with Crippen molar-refractivity contribution in [2.24, 2.45) is 0 Å². The van der Waals surface area contributed by atoms with Gasteiger partial charge in [-0.25, -0.2) is 0 Å². The molecule has 0 bridgehead atoms. The monoisotopic (exact) mass is 288 g/mol. The van der Waals surface area contributed by atoms with E-state index in [0.29, 0.717) is 6.04 Å². The number of nitrogens with zero attached hydrogens (tertiary/aromatic N) is 1. The second-order valence-electron chi connectivity index (χ2n) is 7.15. The Morgan fingerprint density at radius 3 is 2.43 bits per heavy atom. The molecule has 1 saturated carbocycles. The van der Waals surface area contributed by atoms with Gasteiger partial charge in [-0.2, -0.15) is 0 Å². The van der Waals surface area contributed by atoms with E-state index >= 15 is 0 Å². The third-order valence-corrected chi connectivity index (χ3v) is 4.62. The Kier molecular flexibility index (Phi) is 5.83. The van der Waals surface area contributed by atoms with E-state index < -0.39 is 0 Å². The fourth-order valence-corrected chi connectivity index (χ4v) is 3.00. The summed E-state index contributed by atoms with van der Waals surface area (Å²) in [4.78, 5) is 2.63. The molecular weight excluding hydrogens is 256 g/mol. The maximum atomic E-state index is 3.76. The highest BCUT2D eigenvalue weighted by atomic mass is 15.2. The third-order valence-electron chi connectivity index (χ3n) is 4.62. The molecule has 2 rings (SSSR count). The molecule has 118 valence electrons. The SMILES string of the molecule is CCCN(CC(C)(CNC1CC1)c1ccccc1)C(C)C. The Bertz CT molecular complexity index is 411. The van der Waals surface area contributed by atoms with Gasteiger partial charge >= 0.3 is 0 Å². The van der Waals surface area contributed by atoms with Crippen LogP contribution in [0.4, 0.5) is 0 Å². The lowest BCUT2D eigenvalue weighted by atomic mass is 9.81. The zero-order chi connectivity index (χ0) is 15.3. The standard InChI is InChI=1S/C19H32N2/c1-5-13-21(16(2)3)15-19(4,14-20-18-11-12-18)17-9-7-6-8-10-17/h6-10,16,18,20H,5,11-15H2,1-4H3. The van der Waals surface area contributed by atoms with Crippen molar-refractivity contribution in [3.63, 3.8) is 0 Å². The van der Waals surface area contributed by atoms with E-state index in [1.807, 2.05) is 0 Å². The molecule has 21 heavy (non-hydrogen) atoms. The first kappa shape index (κ1) is 16.5. The molecule has 0 aliphatic heterocycles. The predicted octanol–water partition coefficient (Wildman–Crippen LogP) is 3.82. The largest absolute Gasteiger partial charge is 0.313 e. The first-order valence-corrected chi connectivity index (χ1v) is 8.58. The molecule has 0 spiro atoms. The van der Waals surface area contributed by atoms with Gasteiger partial charge in [-0.05, 0) is 45.2 Å². The van der Waals surface area contributed by atoms with Crippen molar-refractivity contribution < 1.29 is 0 Å². The summed E-state index contributed by atoms with van der Waals surface area (Å²) in [5.74, 6) is 0. The molecule has 1 fully saturated rings. The van der Waals surface area contributed by atoms with Crippen LogP contribution in [0.15, 0.2) is 30.3 Å². The summed E-state index contributed by atoms with van der Waals surface area (Å²) in [7, 11) is 0. The third kappa shape index (κ3) is 4.82. The Balaban J connectivity index is 2.13. The number of rotatable bonds is 9. The van der Waals surface area contributed by atoms with Gasteiger partial charge in [0.1, 0.15) is 0 Å².